The summed E-state index contributed by atoms with van der Waals surface area (Å²) in [6.45, 7) is 3.22. The number of benzene rings is 1. The lowest BCUT2D eigenvalue weighted by molar-refractivity contribution is -0.120. The number of sulfone groups is 1. The van der Waals surface area contributed by atoms with Crippen LogP contribution >= 0.6 is 11.6 Å². The summed E-state index contributed by atoms with van der Waals surface area (Å²) in [5, 5.41) is 6.13. The fourth-order valence-corrected chi connectivity index (χ4v) is 3.01. The minimum atomic E-state index is -3.32. The number of carbonyl (C=O) groups excluding carboxylic acids is 1. The van der Waals surface area contributed by atoms with Gasteiger partial charge in [0.25, 0.3) is 0 Å². The van der Waals surface area contributed by atoms with Crippen molar-refractivity contribution in [1.82, 2.24) is 10.6 Å². The van der Waals surface area contributed by atoms with E-state index in [4.69, 9.17) is 11.6 Å². The third-order valence-electron chi connectivity index (χ3n) is 2.68. The van der Waals surface area contributed by atoms with Gasteiger partial charge in [-0.05, 0) is 19.1 Å². The number of rotatable bonds is 7. The number of halogens is 1. The lowest BCUT2D eigenvalue weighted by Crippen LogP contribution is -2.27. The van der Waals surface area contributed by atoms with Crippen LogP contribution in [0.2, 0.25) is 5.02 Å². The molecule has 1 aromatic carbocycles. The van der Waals surface area contributed by atoms with E-state index >= 15 is 0 Å². The van der Waals surface area contributed by atoms with Gasteiger partial charge < -0.3 is 10.6 Å². The summed E-state index contributed by atoms with van der Waals surface area (Å²) in [5.41, 5.74) is 0.535. The van der Waals surface area contributed by atoms with Crippen LogP contribution < -0.4 is 10.6 Å². The summed E-state index contributed by atoms with van der Waals surface area (Å²) in [5.74, 6) is -0.0394. The first kappa shape index (κ1) is 16.9. The maximum atomic E-state index is 11.7. The topological polar surface area (TPSA) is 75.3 Å². The van der Waals surface area contributed by atoms with Crippen LogP contribution in [-0.2, 0) is 21.2 Å². The van der Waals surface area contributed by atoms with E-state index in [1.54, 1.807) is 12.1 Å². The number of hydrogen-bond acceptors (Lipinski definition) is 4. The van der Waals surface area contributed by atoms with Gasteiger partial charge in [0.1, 0.15) is 0 Å². The monoisotopic (exact) mass is 318 g/mol. The molecule has 5 nitrogen and oxygen atoms in total. The van der Waals surface area contributed by atoms with Gasteiger partial charge in [-0.15, -0.1) is 0 Å². The highest BCUT2D eigenvalue weighted by Crippen LogP contribution is 2.23. The molecule has 1 amide bonds. The van der Waals surface area contributed by atoms with Gasteiger partial charge in [0.2, 0.25) is 5.91 Å². The van der Waals surface area contributed by atoms with Crippen molar-refractivity contribution in [3.8, 4) is 0 Å². The summed E-state index contributed by atoms with van der Waals surface area (Å²) >= 11 is 6.04. The fourth-order valence-electron chi connectivity index (χ4n) is 1.76. The van der Waals surface area contributed by atoms with Crippen molar-refractivity contribution in [2.45, 2.75) is 24.8 Å². The Morgan fingerprint density at radius 2 is 2.05 bits per heavy atom. The smallest absolute Gasteiger partial charge is 0.221 e. The molecule has 0 atom stereocenters. The van der Waals surface area contributed by atoms with Crippen LogP contribution in [0.15, 0.2) is 23.1 Å². The molecule has 0 aliphatic heterocycles. The molecule has 0 saturated heterocycles. The van der Waals surface area contributed by atoms with Crippen LogP contribution in [0.5, 0.6) is 0 Å². The van der Waals surface area contributed by atoms with E-state index in [0.717, 1.165) is 6.26 Å². The van der Waals surface area contributed by atoms with Crippen molar-refractivity contribution in [3.63, 3.8) is 0 Å². The maximum Gasteiger partial charge on any atom is 0.221 e. The highest BCUT2D eigenvalue weighted by atomic mass is 35.5. The largest absolute Gasteiger partial charge is 0.356 e. The molecule has 20 heavy (non-hydrogen) atoms. The molecule has 7 heteroatoms. The normalized spacial score (nSPS) is 11.3. The van der Waals surface area contributed by atoms with E-state index in [1.165, 1.54) is 6.07 Å². The highest BCUT2D eigenvalue weighted by Gasteiger charge is 2.15. The fraction of sp³-hybridized carbons (Fsp3) is 0.462. The number of nitrogens with one attached hydrogen (secondary N) is 2. The Bertz CT molecular complexity index is 573. The third-order valence-corrected chi connectivity index (χ3v) is 4.22. The summed E-state index contributed by atoms with van der Waals surface area (Å²) in [7, 11) is -3.32. The first-order valence-electron chi connectivity index (χ1n) is 6.31. The summed E-state index contributed by atoms with van der Waals surface area (Å²) < 4.78 is 23.4. The lowest BCUT2D eigenvalue weighted by Gasteiger charge is -2.11. The van der Waals surface area contributed by atoms with Gasteiger partial charge in [-0.2, -0.15) is 0 Å². The molecule has 0 saturated carbocycles. The Morgan fingerprint density at radius 3 is 2.65 bits per heavy atom. The average Bonchev–Trinajstić information content (AvgIpc) is 2.35. The second-order valence-corrected chi connectivity index (χ2v) is 6.76. The van der Waals surface area contributed by atoms with Crippen molar-refractivity contribution in [1.29, 1.82) is 0 Å². The van der Waals surface area contributed by atoms with E-state index in [1.807, 2.05) is 6.92 Å². The first-order chi connectivity index (χ1) is 9.36. The zero-order valence-electron chi connectivity index (χ0n) is 11.6. The molecular weight excluding hydrogens is 300 g/mol. The summed E-state index contributed by atoms with van der Waals surface area (Å²) in [6, 6.07) is 4.79. The van der Waals surface area contributed by atoms with Crippen LogP contribution in [-0.4, -0.2) is 33.7 Å². The predicted molar refractivity (Wildman–Crippen MR) is 79.6 cm³/mol. The third kappa shape index (κ3) is 5.11. The molecule has 0 aliphatic rings. The van der Waals surface area contributed by atoms with Crippen LogP contribution in [0.1, 0.15) is 18.9 Å². The Hall–Kier alpha value is -1.11. The predicted octanol–water partition coefficient (Wildman–Crippen LogP) is 1.36. The standard InChI is InChI=1S/C13H19ClN2O3S/c1-3-16-13(17)7-8-15-9-10-11(14)5-4-6-12(10)20(2,18)19/h4-6,15H,3,7-9H2,1-2H3,(H,16,17). The molecule has 2 N–H and O–H groups in total. The Kier molecular flexibility index (Phi) is 6.45. The average molecular weight is 319 g/mol. The number of carbonyl (C=O) groups is 1. The number of amides is 1. The van der Waals surface area contributed by atoms with Crippen LogP contribution in [0.3, 0.4) is 0 Å². The summed E-state index contributed by atoms with van der Waals surface area (Å²) in [6.07, 6.45) is 1.49. The van der Waals surface area contributed by atoms with Crippen LogP contribution in [0.25, 0.3) is 0 Å². The van der Waals surface area contributed by atoms with Crippen molar-refractivity contribution in [3.05, 3.63) is 28.8 Å². The molecule has 0 bridgehead atoms. The van der Waals surface area contributed by atoms with E-state index in [0.29, 0.717) is 36.6 Å². The molecule has 0 heterocycles. The van der Waals surface area contributed by atoms with E-state index in [2.05, 4.69) is 10.6 Å². The van der Waals surface area contributed by atoms with Gasteiger partial charge in [0.05, 0.1) is 4.90 Å². The Morgan fingerprint density at radius 1 is 1.35 bits per heavy atom. The minimum Gasteiger partial charge on any atom is -0.356 e. The van der Waals surface area contributed by atoms with Crippen LogP contribution in [0, 0.1) is 0 Å². The molecule has 0 spiro atoms. The zero-order chi connectivity index (χ0) is 15.2. The maximum absolute atomic E-state index is 11.7. The van der Waals surface area contributed by atoms with Gasteiger partial charge in [0, 0.05) is 42.9 Å². The van der Waals surface area contributed by atoms with Gasteiger partial charge in [-0.1, -0.05) is 17.7 Å². The van der Waals surface area contributed by atoms with Crippen molar-refractivity contribution in [2.24, 2.45) is 0 Å². The molecule has 0 radical (unpaired) electrons. The van der Waals surface area contributed by atoms with Crippen molar-refractivity contribution < 1.29 is 13.2 Å². The summed E-state index contributed by atoms with van der Waals surface area (Å²) in [4.78, 5) is 11.5. The molecule has 0 unspecified atom stereocenters. The molecule has 0 aliphatic carbocycles. The Balaban J connectivity index is 2.67. The molecule has 0 aromatic heterocycles. The van der Waals surface area contributed by atoms with Gasteiger partial charge in [0.15, 0.2) is 9.84 Å². The quantitative estimate of drug-likeness (QED) is 0.744. The van der Waals surface area contributed by atoms with E-state index < -0.39 is 9.84 Å². The molecular formula is C13H19ClN2O3S. The van der Waals surface area contributed by atoms with E-state index in [9.17, 15) is 13.2 Å². The minimum absolute atomic E-state index is 0.0394. The lowest BCUT2D eigenvalue weighted by atomic mass is 10.2. The van der Waals surface area contributed by atoms with Gasteiger partial charge in [-0.3, -0.25) is 4.79 Å². The number of hydrogen-bond donors (Lipinski definition) is 2. The Labute approximate surface area is 124 Å². The van der Waals surface area contributed by atoms with Crippen LogP contribution in [0.4, 0.5) is 0 Å². The van der Waals surface area contributed by atoms with Gasteiger partial charge >= 0.3 is 0 Å². The second kappa shape index (κ2) is 7.61. The molecule has 1 rings (SSSR count). The van der Waals surface area contributed by atoms with E-state index in [-0.39, 0.29) is 10.8 Å². The molecule has 0 fully saturated rings. The van der Waals surface area contributed by atoms with Crippen molar-refractivity contribution in [2.75, 3.05) is 19.3 Å². The molecule has 1 aromatic rings. The van der Waals surface area contributed by atoms with Gasteiger partial charge in [-0.25, -0.2) is 8.42 Å². The SMILES string of the molecule is CCNC(=O)CCNCc1c(Cl)cccc1S(C)(=O)=O. The first-order valence-corrected chi connectivity index (χ1v) is 8.58. The molecule has 112 valence electrons. The zero-order valence-corrected chi connectivity index (χ0v) is 13.1. The second-order valence-electron chi connectivity index (χ2n) is 4.37. The van der Waals surface area contributed by atoms with Crippen molar-refractivity contribution >= 4 is 27.3 Å². The highest BCUT2D eigenvalue weighted by molar-refractivity contribution is 7.90.